The molecule has 2 aromatic carbocycles. The molecule has 10 heteroatoms. The highest BCUT2D eigenvalue weighted by Gasteiger charge is 2.29. The van der Waals surface area contributed by atoms with Crippen molar-refractivity contribution in [1.82, 2.24) is 29.9 Å². The summed E-state index contributed by atoms with van der Waals surface area (Å²) in [6.07, 6.45) is 4.64. The molecule has 2 aliphatic rings. The Morgan fingerprint density at radius 2 is 1.92 bits per heavy atom. The van der Waals surface area contributed by atoms with E-state index >= 15 is 0 Å². The van der Waals surface area contributed by atoms with Crippen molar-refractivity contribution in [2.24, 2.45) is 0 Å². The first kappa shape index (κ1) is 23.1. The summed E-state index contributed by atoms with van der Waals surface area (Å²) in [5.41, 5.74) is 6.49. The minimum atomic E-state index is -0.219. The minimum absolute atomic E-state index is 0.0220. The van der Waals surface area contributed by atoms with Crippen LogP contribution >= 0.6 is 0 Å². The van der Waals surface area contributed by atoms with Gasteiger partial charge in [-0.1, -0.05) is 23.9 Å². The number of rotatable bonds is 6. The highest BCUT2D eigenvalue weighted by Crippen LogP contribution is 2.39. The van der Waals surface area contributed by atoms with Gasteiger partial charge in [0.05, 0.1) is 12.2 Å². The molecule has 0 radical (unpaired) electrons. The van der Waals surface area contributed by atoms with Gasteiger partial charge in [0.25, 0.3) is 0 Å². The van der Waals surface area contributed by atoms with E-state index in [9.17, 15) is 4.79 Å². The van der Waals surface area contributed by atoms with Crippen molar-refractivity contribution in [3.8, 4) is 0 Å². The van der Waals surface area contributed by atoms with Crippen molar-refractivity contribution in [2.75, 3.05) is 48.8 Å². The van der Waals surface area contributed by atoms with E-state index in [1.165, 1.54) is 11.8 Å². The molecule has 10 nitrogen and oxygen atoms in total. The molecule has 1 atom stereocenters. The van der Waals surface area contributed by atoms with Crippen molar-refractivity contribution in [3.63, 3.8) is 0 Å². The lowest BCUT2D eigenvalue weighted by atomic mass is 10.1. The standard InChI is InChI=1S/C27H29N9O/c1-3-25(37)30-22-6-4-5-21-20(22)11-12-24(21)36-26-23(32-33-36)17-28-27(31-26)29-18-7-9-19(10-8-18)35-15-13-34(2)14-16-35/h3-10,17,24H,1,11-16H2,2H3,(H,30,37)(H,28,29,31)/t24-/m0/s1. The second-order valence-corrected chi connectivity index (χ2v) is 9.52. The van der Waals surface area contributed by atoms with Gasteiger partial charge in [0.1, 0.15) is 0 Å². The highest BCUT2D eigenvalue weighted by atomic mass is 16.1. The smallest absolute Gasteiger partial charge is 0.247 e. The van der Waals surface area contributed by atoms with Gasteiger partial charge in [0.2, 0.25) is 11.9 Å². The van der Waals surface area contributed by atoms with Crippen LogP contribution in [0.4, 0.5) is 23.0 Å². The molecule has 37 heavy (non-hydrogen) atoms. The van der Waals surface area contributed by atoms with Crippen molar-refractivity contribution in [3.05, 3.63) is 72.4 Å². The van der Waals surface area contributed by atoms with Gasteiger partial charge < -0.3 is 20.4 Å². The number of aromatic nitrogens is 5. The predicted molar refractivity (Wildman–Crippen MR) is 144 cm³/mol. The number of carbonyl (C=O) groups is 1. The fourth-order valence-electron chi connectivity index (χ4n) is 5.15. The molecule has 0 spiro atoms. The zero-order valence-electron chi connectivity index (χ0n) is 20.8. The highest BCUT2D eigenvalue weighted by molar-refractivity contribution is 5.99. The van der Waals surface area contributed by atoms with Crippen molar-refractivity contribution < 1.29 is 4.79 Å². The van der Waals surface area contributed by atoms with E-state index in [2.05, 4.69) is 79.7 Å². The Hall–Kier alpha value is -4.31. The van der Waals surface area contributed by atoms with Crippen LogP contribution < -0.4 is 15.5 Å². The first-order valence-electron chi connectivity index (χ1n) is 12.5. The number of piperazine rings is 1. The van der Waals surface area contributed by atoms with Crippen molar-refractivity contribution >= 4 is 40.1 Å². The SMILES string of the molecule is C=CC(=O)Nc1cccc2c1CC[C@@H]2n1nnc2cnc(Nc3ccc(N4CCN(C)CC4)cc3)nc21. The quantitative estimate of drug-likeness (QED) is 0.393. The molecule has 2 aromatic heterocycles. The molecule has 3 heterocycles. The number of amides is 1. The van der Waals surface area contributed by atoms with Crippen molar-refractivity contribution in [2.45, 2.75) is 18.9 Å². The van der Waals surface area contributed by atoms with Gasteiger partial charge in [-0.3, -0.25) is 4.79 Å². The second kappa shape index (κ2) is 9.62. The number of hydrogen-bond donors (Lipinski definition) is 2. The Morgan fingerprint density at radius 1 is 1.11 bits per heavy atom. The monoisotopic (exact) mass is 495 g/mol. The zero-order chi connectivity index (χ0) is 25.4. The van der Waals surface area contributed by atoms with Gasteiger partial charge in [-0.25, -0.2) is 9.67 Å². The summed E-state index contributed by atoms with van der Waals surface area (Å²) in [6.45, 7) is 7.77. The Bertz CT molecular complexity index is 1450. The third kappa shape index (κ3) is 4.51. The maximum absolute atomic E-state index is 11.9. The molecule has 0 unspecified atom stereocenters. The number of likely N-dealkylation sites (N-methyl/N-ethyl adjacent to an activating group) is 1. The number of benzene rings is 2. The van der Waals surface area contributed by atoms with Crippen LogP contribution in [-0.2, 0) is 11.2 Å². The van der Waals surface area contributed by atoms with Gasteiger partial charge in [0.15, 0.2) is 11.2 Å². The summed E-state index contributed by atoms with van der Waals surface area (Å²) in [4.78, 5) is 25.9. The molecule has 1 fully saturated rings. The summed E-state index contributed by atoms with van der Waals surface area (Å²) in [5, 5.41) is 15.0. The van der Waals surface area contributed by atoms with Crippen LogP contribution in [0.2, 0.25) is 0 Å². The minimum Gasteiger partial charge on any atom is -0.369 e. The van der Waals surface area contributed by atoms with E-state index in [1.807, 2.05) is 16.8 Å². The van der Waals surface area contributed by atoms with E-state index in [0.717, 1.165) is 61.5 Å². The topological polar surface area (TPSA) is 104 Å². The number of hydrogen-bond acceptors (Lipinski definition) is 8. The van der Waals surface area contributed by atoms with Gasteiger partial charge in [-0.2, -0.15) is 4.98 Å². The van der Waals surface area contributed by atoms with Crippen LogP contribution in [0.3, 0.4) is 0 Å². The van der Waals surface area contributed by atoms with E-state index in [0.29, 0.717) is 17.1 Å². The third-order valence-electron chi connectivity index (χ3n) is 7.19. The van der Waals surface area contributed by atoms with Crippen LogP contribution in [0.25, 0.3) is 11.2 Å². The van der Waals surface area contributed by atoms with Gasteiger partial charge in [-0.05, 0) is 67.4 Å². The molecule has 1 aliphatic heterocycles. The molecule has 4 aromatic rings. The molecule has 6 rings (SSSR count). The summed E-state index contributed by atoms with van der Waals surface area (Å²) in [5.74, 6) is 0.275. The van der Waals surface area contributed by atoms with E-state index in [-0.39, 0.29) is 11.9 Å². The maximum Gasteiger partial charge on any atom is 0.247 e. The van der Waals surface area contributed by atoms with E-state index in [4.69, 9.17) is 4.98 Å². The van der Waals surface area contributed by atoms with E-state index < -0.39 is 0 Å². The van der Waals surface area contributed by atoms with Crippen LogP contribution in [0.5, 0.6) is 0 Å². The fourth-order valence-corrected chi connectivity index (χ4v) is 5.15. The first-order chi connectivity index (χ1) is 18.1. The van der Waals surface area contributed by atoms with Gasteiger partial charge >= 0.3 is 0 Å². The second-order valence-electron chi connectivity index (χ2n) is 9.52. The summed E-state index contributed by atoms with van der Waals surface area (Å²) in [7, 11) is 2.16. The average molecular weight is 496 g/mol. The summed E-state index contributed by atoms with van der Waals surface area (Å²) < 4.78 is 1.86. The fraction of sp³-hybridized carbons (Fsp3) is 0.296. The average Bonchev–Trinajstić information content (AvgIpc) is 3.54. The molecule has 188 valence electrons. The predicted octanol–water partition coefficient (Wildman–Crippen LogP) is 3.38. The van der Waals surface area contributed by atoms with Crippen LogP contribution in [0, 0.1) is 0 Å². The van der Waals surface area contributed by atoms with Gasteiger partial charge in [-0.15, -0.1) is 5.10 Å². The molecular weight excluding hydrogens is 466 g/mol. The Labute approximate surface area is 215 Å². The third-order valence-corrected chi connectivity index (χ3v) is 7.19. The molecular formula is C27H29N9O. The molecule has 1 saturated heterocycles. The molecule has 1 amide bonds. The van der Waals surface area contributed by atoms with E-state index in [1.54, 1.807) is 6.20 Å². The lowest BCUT2D eigenvalue weighted by molar-refractivity contribution is -0.111. The Morgan fingerprint density at radius 3 is 2.70 bits per heavy atom. The molecule has 2 N–H and O–H groups in total. The lowest BCUT2D eigenvalue weighted by Crippen LogP contribution is -2.44. The summed E-state index contributed by atoms with van der Waals surface area (Å²) in [6, 6.07) is 14.3. The van der Waals surface area contributed by atoms with Crippen LogP contribution in [0.1, 0.15) is 23.6 Å². The van der Waals surface area contributed by atoms with Crippen molar-refractivity contribution in [1.29, 1.82) is 0 Å². The summed E-state index contributed by atoms with van der Waals surface area (Å²) >= 11 is 0. The zero-order valence-corrected chi connectivity index (χ0v) is 20.8. The molecule has 0 saturated carbocycles. The number of anilines is 4. The molecule has 1 aliphatic carbocycles. The number of fused-ring (bicyclic) bond motifs is 2. The largest absolute Gasteiger partial charge is 0.369 e. The Balaban J connectivity index is 1.23. The van der Waals surface area contributed by atoms with Crippen LogP contribution in [-0.4, -0.2) is 69.0 Å². The first-order valence-corrected chi connectivity index (χ1v) is 12.5. The lowest BCUT2D eigenvalue weighted by Gasteiger charge is -2.34. The number of nitrogens with one attached hydrogen (secondary N) is 2. The van der Waals surface area contributed by atoms with Crippen LogP contribution in [0.15, 0.2) is 61.3 Å². The Kier molecular flexibility index (Phi) is 6.01. The normalized spacial score (nSPS) is 17.5. The van der Waals surface area contributed by atoms with Gasteiger partial charge in [0, 0.05) is 43.2 Å². The number of carbonyl (C=O) groups excluding carboxylic acids is 1. The number of nitrogens with zero attached hydrogens (tertiary/aromatic N) is 7. The molecule has 0 bridgehead atoms. The maximum atomic E-state index is 11.9.